The van der Waals surface area contributed by atoms with E-state index in [1.807, 2.05) is 19.1 Å². The minimum absolute atomic E-state index is 0.0885. The van der Waals surface area contributed by atoms with Crippen molar-refractivity contribution in [3.8, 4) is 0 Å². The van der Waals surface area contributed by atoms with E-state index in [1.165, 1.54) is 0 Å². The second kappa shape index (κ2) is 3.50. The second-order valence-corrected chi connectivity index (χ2v) is 3.63. The zero-order valence-electron chi connectivity index (χ0n) is 7.72. The third-order valence-corrected chi connectivity index (χ3v) is 2.66. The number of nitrogens with one attached hydrogen (secondary N) is 1. The molecule has 2 heterocycles. The first-order valence-corrected chi connectivity index (χ1v) is 4.64. The number of alkyl halides is 1. The highest BCUT2D eigenvalue weighted by Gasteiger charge is 2.30. The Morgan fingerprint density at radius 3 is 3.00 bits per heavy atom. The molecule has 0 bridgehead atoms. The van der Waals surface area contributed by atoms with Crippen LogP contribution in [0.3, 0.4) is 0 Å². The van der Waals surface area contributed by atoms with Crippen LogP contribution in [0.5, 0.6) is 0 Å². The molecule has 2 nitrogen and oxygen atoms in total. The molecule has 0 aliphatic carbocycles. The molecule has 0 amide bonds. The molecule has 1 aliphatic rings. The molecule has 0 spiro atoms. The van der Waals surface area contributed by atoms with E-state index in [0.29, 0.717) is 0 Å². The van der Waals surface area contributed by atoms with Crippen molar-refractivity contribution in [3.63, 3.8) is 0 Å². The van der Waals surface area contributed by atoms with Crippen LogP contribution in [-0.2, 0) is 0 Å². The van der Waals surface area contributed by atoms with Gasteiger partial charge in [-0.3, -0.25) is 4.39 Å². The number of rotatable bonds is 2. The third-order valence-electron chi connectivity index (χ3n) is 2.66. The molecule has 1 saturated heterocycles. The van der Waals surface area contributed by atoms with E-state index in [1.54, 1.807) is 0 Å². The molecule has 2 rings (SSSR count). The molecule has 3 heteroatoms. The van der Waals surface area contributed by atoms with Gasteiger partial charge in [-0.25, -0.2) is 0 Å². The fourth-order valence-electron chi connectivity index (χ4n) is 1.88. The quantitative estimate of drug-likeness (QED) is 0.757. The molecule has 0 aromatic carbocycles. The van der Waals surface area contributed by atoms with Gasteiger partial charge < -0.3 is 9.73 Å². The summed E-state index contributed by atoms with van der Waals surface area (Å²) in [7, 11) is 0. The largest absolute Gasteiger partial charge is 0.466 e. The van der Waals surface area contributed by atoms with Crippen LogP contribution in [0.1, 0.15) is 17.4 Å². The number of aryl methyl sites for hydroxylation is 1. The van der Waals surface area contributed by atoms with Gasteiger partial charge in [0.15, 0.2) is 0 Å². The average Bonchev–Trinajstić information content (AvgIpc) is 2.71. The van der Waals surface area contributed by atoms with Crippen molar-refractivity contribution >= 4 is 0 Å². The van der Waals surface area contributed by atoms with E-state index in [9.17, 15) is 4.39 Å². The molecule has 1 N–H and O–H groups in total. The van der Waals surface area contributed by atoms with Gasteiger partial charge in [0.25, 0.3) is 0 Å². The van der Waals surface area contributed by atoms with Crippen LogP contribution >= 0.6 is 0 Å². The molecular weight excluding hydrogens is 169 g/mol. The molecule has 13 heavy (non-hydrogen) atoms. The van der Waals surface area contributed by atoms with E-state index >= 15 is 0 Å². The fourth-order valence-corrected chi connectivity index (χ4v) is 1.88. The molecular formula is C10H14FNO. The number of hydrogen-bond donors (Lipinski definition) is 1. The molecule has 0 unspecified atom stereocenters. The van der Waals surface area contributed by atoms with Gasteiger partial charge in [-0.2, -0.15) is 0 Å². The Morgan fingerprint density at radius 2 is 2.38 bits per heavy atom. The van der Waals surface area contributed by atoms with Crippen LogP contribution in [0.2, 0.25) is 0 Å². The second-order valence-electron chi connectivity index (χ2n) is 3.63. The van der Waals surface area contributed by atoms with Gasteiger partial charge in [-0.05, 0) is 19.1 Å². The van der Waals surface area contributed by atoms with Gasteiger partial charge >= 0.3 is 0 Å². The van der Waals surface area contributed by atoms with E-state index in [-0.39, 0.29) is 18.5 Å². The Morgan fingerprint density at radius 1 is 1.54 bits per heavy atom. The summed E-state index contributed by atoms with van der Waals surface area (Å²) in [5, 5.41) is 3.18. The molecule has 2 atom stereocenters. The molecule has 72 valence electrons. The number of hydrogen-bond acceptors (Lipinski definition) is 2. The van der Waals surface area contributed by atoms with Gasteiger partial charge in [-0.1, -0.05) is 0 Å². The van der Waals surface area contributed by atoms with E-state index in [4.69, 9.17) is 4.42 Å². The molecule has 0 radical (unpaired) electrons. The van der Waals surface area contributed by atoms with E-state index < -0.39 is 0 Å². The minimum atomic E-state index is -0.266. The normalized spacial score (nSPS) is 28.2. The SMILES string of the molecule is Cc1ccc([C@@H]2CNC[C@@H]2CF)o1. The predicted molar refractivity (Wildman–Crippen MR) is 48.5 cm³/mol. The van der Waals surface area contributed by atoms with Crippen molar-refractivity contribution in [2.45, 2.75) is 12.8 Å². The van der Waals surface area contributed by atoms with Crippen LogP contribution in [0.4, 0.5) is 4.39 Å². The lowest BCUT2D eigenvalue weighted by atomic mass is 9.95. The van der Waals surface area contributed by atoms with Crippen molar-refractivity contribution in [3.05, 3.63) is 23.7 Å². The zero-order valence-corrected chi connectivity index (χ0v) is 7.72. The van der Waals surface area contributed by atoms with E-state index in [2.05, 4.69) is 5.32 Å². The molecule has 1 aromatic rings. The first-order chi connectivity index (χ1) is 6.31. The molecule has 1 fully saturated rings. The van der Waals surface area contributed by atoms with Crippen LogP contribution in [-0.4, -0.2) is 19.8 Å². The smallest absolute Gasteiger partial charge is 0.108 e. The van der Waals surface area contributed by atoms with E-state index in [0.717, 1.165) is 24.6 Å². The van der Waals surface area contributed by atoms with Gasteiger partial charge in [0.2, 0.25) is 0 Å². The Balaban J connectivity index is 2.15. The van der Waals surface area contributed by atoms with Crippen LogP contribution < -0.4 is 5.32 Å². The Bertz CT molecular complexity index is 284. The van der Waals surface area contributed by atoms with Crippen LogP contribution in [0.25, 0.3) is 0 Å². The van der Waals surface area contributed by atoms with Crippen molar-refractivity contribution < 1.29 is 8.81 Å². The molecule has 1 aromatic heterocycles. The number of halogens is 1. The highest BCUT2D eigenvalue weighted by molar-refractivity contribution is 5.13. The first kappa shape index (κ1) is 8.75. The lowest BCUT2D eigenvalue weighted by Crippen LogP contribution is -2.12. The average molecular weight is 183 g/mol. The summed E-state index contributed by atoms with van der Waals surface area (Å²) < 4.78 is 18.1. The third kappa shape index (κ3) is 1.61. The summed E-state index contributed by atoms with van der Waals surface area (Å²) in [4.78, 5) is 0. The van der Waals surface area contributed by atoms with Crippen LogP contribution in [0, 0.1) is 12.8 Å². The lowest BCUT2D eigenvalue weighted by Gasteiger charge is -2.11. The summed E-state index contributed by atoms with van der Waals surface area (Å²) in [6, 6.07) is 3.89. The zero-order chi connectivity index (χ0) is 9.26. The maximum atomic E-state index is 12.6. The minimum Gasteiger partial charge on any atom is -0.466 e. The number of furan rings is 1. The van der Waals surface area contributed by atoms with Crippen molar-refractivity contribution in [2.24, 2.45) is 5.92 Å². The summed E-state index contributed by atoms with van der Waals surface area (Å²) in [5.41, 5.74) is 0. The molecule has 0 saturated carbocycles. The van der Waals surface area contributed by atoms with Crippen molar-refractivity contribution in [2.75, 3.05) is 19.8 Å². The van der Waals surface area contributed by atoms with Gasteiger partial charge in [0, 0.05) is 24.9 Å². The van der Waals surface area contributed by atoms with Gasteiger partial charge in [-0.15, -0.1) is 0 Å². The van der Waals surface area contributed by atoms with Gasteiger partial charge in [0.05, 0.1) is 6.67 Å². The first-order valence-electron chi connectivity index (χ1n) is 4.64. The van der Waals surface area contributed by atoms with Crippen molar-refractivity contribution in [1.82, 2.24) is 5.32 Å². The predicted octanol–water partition coefficient (Wildman–Crippen LogP) is 1.86. The topological polar surface area (TPSA) is 25.2 Å². The maximum absolute atomic E-state index is 12.6. The highest BCUT2D eigenvalue weighted by atomic mass is 19.1. The summed E-state index contributed by atoms with van der Waals surface area (Å²) in [6.07, 6.45) is 0. The standard InChI is InChI=1S/C10H14FNO/c1-7-2-3-10(13-7)9-6-12-5-8(9)4-11/h2-3,8-9,12H,4-6H2,1H3/t8-,9+/m0/s1. The van der Waals surface area contributed by atoms with Crippen LogP contribution in [0.15, 0.2) is 16.5 Å². The lowest BCUT2D eigenvalue weighted by molar-refractivity contribution is 0.328. The summed E-state index contributed by atoms with van der Waals surface area (Å²) >= 11 is 0. The van der Waals surface area contributed by atoms with Gasteiger partial charge in [0.1, 0.15) is 11.5 Å². The van der Waals surface area contributed by atoms with Crippen molar-refractivity contribution in [1.29, 1.82) is 0 Å². The Hall–Kier alpha value is -0.830. The molecule has 1 aliphatic heterocycles. The summed E-state index contributed by atoms with van der Waals surface area (Å²) in [5.74, 6) is 2.13. The summed E-state index contributed by atoms with van der Waals surface area (Å²) in [6.45, 7) is 3.25. The maximum Gasteiger partial charge on any atom is 0.108 e. The monoisotopic (exact) mass is 183 g/mol. The highest BCUT2D eigenvalue weighted by Crippen LogP contribution is 2.29. The fraction of sp³-hybridized carbons (Fsp3) is 0.600. The Kier molecular flexibility index (Phi) is 2.36. The Labute approximate surface area is 77.1 Å².